The van der Waals surface area contributed by atoms with Gasteiger partial charge >= 0.3 is 6.16 Å². The van der Waals surface area contributed by atoms with Crippen LogP contribution in [0.25, 0.3) is 0 Å². The molecule has 0 aliphatic carbocycles. The van der Waals surface area contributed by atoms with Gasteiger partial charge in [-0.1, -0.05) is 66.7 Å². The zero-order valence-electron chi connectivity index (χ0n) is 20.5. The predicted octanol–water partition coefficient (Wildman–Crippen LogP) is 5.35. The third-order valence-electron chi connectivity index (χ3n) is 5.80. The Kier molecular flexibility index (Phi) is 8.23. The Morgan fingerprint density at radius 1 is 1.03 bits per heavy atom. The van der Waals surface area contributed by atoms with Gasteiger partial charge in [0.1, 0.15) is 23.9 Å². The standard InChI is InChI=1S/C28H34O7/c1-5-12-21-23(30-17-19-13-8-6-9-14-19)25(34-27(29)35-28(2,3)4)24-22(32-21)18-31-26(33-24)20-15-10-7-11-16-20/h5-11,13-16,21-26H,1,12,17-18H2,2-4H3/t21-,22-,23-,24-,25-,26-/m1/s1. The van der Waals surface area contributed by atoms with Crippen LogP contribution in [0.3, 0.4) is 0 Å². The minimum atomic E-state index is -0.778. The van der Waals surface area contributed by atoms with Gasteiger partial charge in [-0.05, 0) is 32.8 Å². The van der Waals surface area contributed by atoms with Gasteiger partial charge < -0.3 is 28.4 Å². The topological polar surface area (TPSA) is 72.5 Å². The summed E-state index contributed by atoms with van der Waals surface area (Å²) in [6, 6.07) is 19.5. The number of carbonyl (C=O) groups excluding carboxylic acids is 1. The van der Waals surface area contributed by atoms with Gasteiger partial charge in [0, 0.05) is 5.56 Å². The second-order valence-electron chi connectivity index (χ2n) is 9.72. The van der Waals surface area contributed by atoms with Crippen molar-refractivity contribution in [2.75, 3.05) is 6.61 Å². The Morgan fingerprint density at radius 3 is 2.37 bits per heavy atom. The molecule has 2 heterocycles. The molecule has 2 aliphatic rings. The molecular weight excluding hydrogens is 448 g/mol. The predicted molar refractivity (Wildman–Crippen MR) is 130 cm³/mol. The summed E-state index contributed by atoms with van der Waals surface area (Å²) >= 11 is 0. The highest BCUT2D eigenvalue weighted by atomic mass is 16.8. The van der Waals surface area contributed by atoms with E-state index in [1.807, 2.05) is 60.7 Å². The van der Waals surface area contributed by atoms with Crippen molar-refractivity contribution in [3.63, 3.8) is 0 Å². The lowest BCUT2D eigenvalue weighted by atomic mass is 9.92. The van der Waals surface area contributed by atoms with Gasteiger partial charge in [-0.15, -0.1) is 6.58 Å². The summed E-state index contributed by atoms with van der Waals surface area (Å²) in [5, 5.41) is 0. The van der Waals surface area contributed by atoms with E-state index >= 15 is 0 Å². The fraction of sp³-hybridized carbons (Fsp3) is 0.464. The molecule has 7 nitrogen and oxygen atoms in total. The highest BCUT2D eigenvalue weighted by Crippen LogP contribution is 2.37. The second kappa shape index (κ2) is 11.4. The van der Waals surface area contributed by atoms with Crippen molar-refractivity contribution >= 4 is 6.16 Å². The molecule has 2 saturated heterocycles. The molecule has 0 amide bonds. The summed E-state index contributed by atoms with van der Waals surface area (Å²) in [7, 11) is 0. The summed E-state index contributed by atoms with van der Waals surface area (Å²) < 4.78 is 36.4. The third-order valence-corrected chi connectivity index (χ3v) is 5.80. The van der Waals surface area contributed by atoms with Crippen LogP contribution in [0.4, 0.5) is 4.79 Å². The van der Waals surface area contributed by atoms with Crippen LogP contribution >= 0.6 is 0 Å². The SMILES string of the molecule is C=CC[C@H]1O[C@@H]2CO[C@@H](c3ccccc3)O[C@H]2[C@H](OC(=O)OC(C)(C)C)[C@@H]1OCc1ccccc1. The first-order chi connectivity index (χ1) is 16.8. The van der Waals surface area contributed by atoms with E-state index in [1.54, 1.807) is 26.8 Å². The van der Waals surface area contributed by atoms with Crippen molar-refractivity contribution < 1.29 is 33.2 Å². The lowest BCUT2D eigenvalue weighted by Gasteiger charge is -2.48. The third kappa shape index (κ3) is 6.70. The maximum Gasteiger partial charge on any atom is 0.509 e. The van der Waals surface area contributed by atoms with Crippen molar-refractivity contribution in [3.05, 3.63) is 84.4 Å². The van der Waals surface area contributed by atoms with Gasteiger partial charge in [0.25, 0.3) is 0 Å². The van der Waals surface area contributed by atoms with E-state index in [2.05, 4.69) is 6.58 Å². The Labute approximate surface area is 206 Å². The number of fused-ring (bicyclic) bond motifs is 1. The molecule has 7 heteroatoms. The summed E-state index contributed by atoms with van der Waals surface area (Å²) in [6.07, 6.45) is -1.93. The van der Waals surface area contributed by atoms with Crippen LogP contribution < -0.4 is 0 Å². The highest BCUT2D eigenvalue weighted by Gasteiger charge is 2.52. The normalized spacial score (nSPS) is 28.5. The quantitative estimate of drug-likeness (QED) is 0.389. The largest absolute Gasteiger partial charge is 0.509 e. The Bertz CT molecular complexity index is 956. The van der Waals surface area contributed by atoms with Gasteiger partial charge in [0.05, 0.1) is 19.3 Å². The first kappa shape index (κ1) is 25.4. The molecule has 2 aromatic rings. The zero-order valence-corrected chi connectivity index (χ0v) is 20.5. The molecule has 0 radical (unpaired) electrons. The monoisotopic (exact) mass is 482 g/mol. The van der Waals surface area contributed by atoms with E-state index in [0.29, 0.717) is 13.0 Å². The average molecular weight is 483 g/mol. The Morgan fingerprint density at radius 2 is 1.71 bits per heavy atom. The molecule has 188 valence electrons. The van der Waals surface area contributed by atoms with Gasteiger partial charge in [0.15, 0.2) is 12.4 Å². The minimum absolute atomic E-state index is 0.289. The molecule has 2 aromatic carbocycles. The van der Waals surface area contributed by atoms with Crippen molar-refractivity contribution in [1.29, 1.82) is 0 Å². The smallest absolute Gasteiger partial charge is 0.429 e. The number of carbonyl (C=O) groups is 1. The average Bonchev–Trinajstić information content (AvgIpc) is 2.83. The fourth-order valence-corrected chi connectivity index (χ4v) is 4.28. The number of benzene rings is 2. The van der Waals surface area contributed by atoms with Crippen LogP contribution in [-0.2, 0) is 35.0 Å². The number of hydrogen-bond acceptors (Lipinski definition) is 7. The van der Waals surface area contributed by atoms with Crippen LogP contribution in [0.5, 0.6) is 0 Å². The van der Waals surface area contributed by atoms with E-state index < -0.39 is 48.6 Å². The van der Waals surface area contributed by atoms with Crippen molar-refractivity contribution in [2.24, 2.45) is 0 Å². The lowest BCUT2D eigenvalue weighted by molar-refractivity contribution is -0.333. The molecule has 0 bridgehead atoms. The molecule has 0 N–H and O–H groups in total. The van der Waals surface area contributed by atoms with E-state index in [4.69, 9.17) is 28.4 Å². The maximum atomic E-state index is 12.8. The first-order valence-electron chi connectivity index (χ1n) is 12.0. The van der Waals surface area contributed by atoms with Crippen LogP contribution in [-0.4, -0.2) is 48.9 Å². The molecule has 0 unspecified atom stereocenters. The molecule has 4 rings (SSSR count). The molecule has 2 fully saturated rings. The van der Waals surface area contributed by atoms with E-state index in [1.165, 1.54) is 0 Å². The van der Waals surface area contributed by atoms with Crippen molar-refractivity contribution in [2.45, 2.75) is 76.2 Å². The van der Waals surface area contributed by atoms with Gasteiger partial charge in [-0.3, -0.25) is 0 Å². The molecule has 0 aromatic heterocycles. The zero-order chi connectivity index (χ0) is 24.8. The number of rotatable bonds is 7. The molecule has 6 atom stereocenters. The van der Waals surface area contributed by atoms with E-state index in [-0.39, 0.29) is 6.61 Å². The maximum absolute atomic E-state index is 12.8. The first-order valence-corrected chi connectivity index (χ1v) is 12.0. The van der Waals surface area contributed by atoms with E-state index in [0.717, 1.165) is 11.1 Å². The summed E-state index contributed by atoms with van der Waals surface area (Å²) in [5.41, 5.74) is 1.17. The molecule has 0 saturated carbocycles. The van der Waals surface area contributed by atoms with Gasteiger partial charge in [0.2, 0.25) is 0 Å². The second-order valence-corrected chi connectivity index (χ2v) is 9.72. The Hall–Kier alpha value is -2.71. The molecule has 2 aliphatic heterocycles. The fourth-order valence-electron chi connectivity index (χ4n) is 4.28. The van der Waals surface area contributed by atoms with Gasteiger partial charge in [-0.2, -0.15) is 0 Å². The van der Waals surface area contributed by atoms with Crippen molar-refractivity contribution in [3.8, 4) is 0 Å². The van der Waals surface area contributed by atoms with E-state index in [9.17, 15) is 4.79 Å². The minimum Gasteiger partial charge on any atom is -0.429 e. The van der Waals surface area contributed by atoms with Crippen LogP contribution in [0.1, 0.15) is 44.6 Å². The number of ether oxygens (including phenoxy) is 6. The van der Waals surface area contributed by atoms with Crippen LogP contribution in [0.2, 0.25) is 0 Å². The summed E-state index contributed by atoms with van der Waals surface area (Å²) in [4.78, 5) is 12.8. The molecule has 35 heavy (non-hydrogen) atoms. The molecular formula is C28H34O7. The van der Waals surface area contributed by atoms with Crippen LogP contribution in [0, 0.1) is 0 Å². The highest BCUT2D eigenvalue weighted by molar-refractivity contribution is 5.61. The molecule has 0 spiro atoms. The number of hydrogen-bond donors (Lipinski definition) is 0. The lowest BCUT2D eigenvalue weighted by Crippen LogP contribution is -2.63. The Balaban J connectivity index is 1.60. The van der Waals surface area contributed by atoms with Crippen LogP contribution in [0.15, 0.2) is 73.3 Å². The van der Waals surface area contributed by atoms with Crippen molar-refractivity contribution in [1.82, 2.24) is 0 Å². The summed E-state index contributed by atoms with van der Waals surface area (Å²) in [6.45, 7) is 9.86. The van der Waals surface area contributed by atoms with Gasteiger partial charge in [-0.25, -0.2) is 4.79 Å². The summed E-state index contributed by atoms with van der Waals surface area (Å²) in [5.74, 6) is 0.